The van der Waals surface area contributed by atoms with Gasteiger partial charge in [-0.2, -0.15) is 0 Å². The molecule has 1 unspecified atom stereocenters. The fourth-order valence-electron chi connectivity index (χ4n) is 3.03. The molecule has 1 atom stereocenters. The van der Waals surface area contributed by atoms with Crippen molar-refractivity contribution in [3.8, 4) is 5.75 Å². The van der Waals surface area contributed by atoms with E-state index in [2.05, 4.69) is 5.32 Å². The van der Waals surface area contributed by atoms with E-state index < -0.39 is 5.60 Å². The summed E-state index contributed by atoms with van der Waals surface area (Å²) in [5.74, 6) is 0.739. The van der Waals surface area contributed by atoms with E-state index in [-0.39, 0.29) is 17.9 Å². The van der Waals surface area contributed by atoms with Crippen LogP contribution in [0.15, 0.2) is 24.3 Å². The average molecular weight is 288 g/mol. The molecule has 21 heavy (non-hydrogen) atoms. The van der Waals surface area contributed by atoms with Crippen molar-refractivity contribution in [2.24, 2.45) is 0 Å². The van der Waals surface area contributed by atoms with Gasteiger partial charge in [-0.25, -0.2) is 4.79 Å². The summed E-state index contributed by atoms with van der Waals surface area (Å²) in [7, 11) is 0. The van der Waals surface area contributed by atoms with Crippen LogP contribution < -0.4 is 10.1 Å². The molecule has 2 aliphatic heterocycles. The van der Waals surface area contributed by atoms with Crippen molar-refractivity contribution in [3.05, 3.63) is 29.8 Å². The minimum Gasteiger partial charge on any atom is -0.484 e. The third-order valence-electron chi connectivity index (χ3n) is 4.01. The first-order valence-corrected chi connectivity index (χ1v) is 7.36. The molecule has 2 amide bonds. The first kappa shape index (κ1) is 13.9. The Morgan fingerprint density at radius 3 is 2.90 bits per heavy atom. The maximum absolute atomic E-state index is 12.3. The van der Waals surface area contributed by atoms with Gasteiger partial charge in [0.25, 0.3) is 0 Å². The van der Waals surface area contributed by atoms with Crippen LogP contribution >= 0.6 is 0 Å². The molecule has 112 valence electrons. The number of ether oxygens (including phenoxy) is 1. The molecule has 1 fully saturated rings. The smallest absolute Gasteiger partial charge is 0.317 e. The van der Waals surface area contributed by atoms with Crippen LogP contribution in [0.5, 0.6) is 5.75 Å². The van der Waals surface area contributed by atoms with Crippen molar-refractivity contribution in [1.82, 2.24) is 10.2 Å². The molecule has 0 aromatic heterocycles. The van der Waals surface area contributed by atoms with Crippen LogP contribution in [0.25, 0.3) is 0 Å². The molecule has 2 aliphatic rings. The zero-order valence-corrected chi connectivity index (χ0v) is 12.4. The first-order chi connectivity index (χ1) is 9.99. The highest BCUT2D eigenvalue weighted by molar-refractivity contribution is 6.00. The summed E-state index contributed by atoms with van der Waals surface area (Å²) in [6.07, 6.45) is 1.04. The second-order valence-corrected chi connectivity index (χ2v) is 6.16. The fraction of sp³-hybridized carbons (Fsp3) is 0.500. The van der Waals surface area contributed by atoms with Crippen LogP contribution in [-0.4, -0.2) is 41.4 Å². The lowest BCUT2D eigenvalue weighted by Gasteiger charge is -2.34. The topological polar surface area (TPSA) is 58.6 Å². The number of amides is 2. The summed E-state index contributed by atoms with van der Waals surface area (Å²) in [5, 5.41) is 2.88. The lowest BCUT2D eigenvalue weighted by molar-refractivity contribution is 0.0477. The van der Waals surface area contributed by atoms with Crippen molar-refractivity contribution < 1.29 is 14.3 Å². The van der Waals surface area contributed by atoms with Gasteiger partial charge in [-0.15, -0.1) is 0 Å². The molecule has 2 heterocycles. The van der Waals surface area contributed by atoms with Gasteiger partial charge >= 0.3 is 6.03 Å². The number of Topliss-reactive ketones (excluding diaryl/α,β-unsaturated/α-hetero) is 1. The molecular weight excluding hydrogens is 268 g/mol. The molecule has 3 rings (SSSR count). The van der Waals surface area contributed by atoms with E-state index in [1.165, 1.54) is 0 Å². The Bertz CT molecular complexity index is 585. The second kappa shape index (κ2) is 5.06. The standard InChI is InChI=1S/C16H20N2O3/c1-11(2)17-15(20)18-8-7-16(10-18)9-13(19)12-5-3-4-6-14(12)21-16/h3-6,11H,7-10H2,1-2H3,(H,17,20). The van der Waals surface area contributed by atoms with Crippen LogP contribution in [0.1, 0.15) is 37.0 Å². The van der Waals surface area contributed by atoms with E-state index in [0.717, 1.165) is 0 Å². The van der Waals surface area contributed by atoms with Crippen molar-refractivity contribution in [3.63, 3.8) is 0 Å². The quantitative estimate of drug-likeness (QED) is 0.862. The van der Waals surface area contributed by atoms with Crippen LogP contribution in [0.2, 0.25) is 0 Å². The number of hydrogen-bond acceptors (Lipinski definition) is 3. The van der Waals surface area contributed by atoms with Gasteiger partial charge in [0.15, 0.2) is 5.78 Å². The number of carbonyl (C=O) groups excluding carboxylic acids is 2. The summed E-state index contributed by atoms with van der Waals surface area (Å²) in [5.41, 5.74) is 0.0907. The molecule has 0 saturated carbocycles. The Kier molecular flexibility index (Phi) is 3.35. The van der Waals surface area contributed by atoms with Gasteiger partial charge < -0.3 is 15.0 Å². The predicted molar refractivity (Wildman–Crippen MR) is 78.6 cm³/mol. The molecule has 1 aromatic carbocycles. The number of hydrogen-bond donors (Lipinski definition) is 1. The number of nitrogens with zero attached hydrogens (tertiary/aromatic N) is 1. The van der Waals surface area contributed by atoms with Gasteiger partial charge in [-0.3, -0.25) is 4.79 Å². The molecule has 1 saturated heterocycles. The van der Waals surface area contributed by atoms with E-state index in [4.69, 9.17) is 4.74 Å². The lowest BCUT2D eigenvalue weighted by Crippen LogP contribution is -2.48. The van der Waals surface area contributed by atoms with Gasteiger partial charge in [0.1, 0.15) is 11.4 Å². The molecule has 1 N–H and O–H groups in total. The van der Waals surface area contributed by atoms with Crippen LogP contribution in [0, 0.1) is 0 Å². The number of carbonyl (C=O) groups is 2. The number of fused-ring (bicyclic) bond motifs is 1. The van der Waals surface area contributed by atoms with Gasteiger partial charge in [0.05, 0.1) is 18.5 Å². The molecule has 0 bridgehead atoms. The van der Waals surface area contributed by atoms with Gasteiger partial charge in [0, 0.05) is 19.0 Å². The number of benzene rings is 1. The highest BCUT2D eigenvalue weighted by Gasteiger charge is 2.46. The lowest BCUT2D eigenvalue weighted by atomic mass is 9.89. The Labute approximate surface area is 124 Å². The Hall–Kier alpha value is -2.04. The monoisotopic (exact) mass is 288 g/mol. The van der Waals surface area contributed by atoms with E-state index in [9.17, 15) is 9.59 Å². The number of ketones is 1. The number of rotatable bonds is 1. The van der Waals surface area contributed by atoms with E-state index in [1.807, 2.05) is 32.0 Å². The normalized spacial score (nSPS) is 24.1. The Morgan fingerprint density at radius 2 is 2.14 bits per heavy atom. The average Bonchev–Trinajstić information content (AvgIpc) is 2.81. The molecular formula is C16H20N2O3. The third-order valence-corrected chi connectivity index (χ3v) is 4.01. The number of para-hydroxylation sites is 1. The van der Waals surface area contributed by atoms with E-state index >= 15 is 0 Å². The highest BCUT2D eigenvalue weighted by atomic mass is 16.5. The van der Waals surface area contributed by atoms with Crippen molar-refractivity contribution in [1.29, 1.82) is 0 Å². The summed E-state index contributed by atoms with van der Waals surface area (Å²) < 4.78 is 6.09. The minimum absolute atomic E-state index is 0.0863. The van der Waals surface area contributed by atoms with Crippen LogP contribution in [0.3, 0.4) is 0 Å². The fourth-order valence-corrected chi connectivity index (χ4v) is 3.03. The van der Waals surface area contributed by atoms with Crippen LogP contribution in [-0.2, 0) is 0 Å². The summed E-state index contributed by atoms with van der Waals surface area (Å²) in [6.45, 7) is 4.95. The van der Waals surface area contributed by atoms with Gasteiger partial charge in [-0.05, 0) is 26.0 Å². The number of nitrogens with one attached hydrogen (secondary N) is 1. The number of likely N-dealkylation sites (tertiary alicyclic amines) is 1. The van der Waals surface area contributed by atoms with Gasteiger partial charge in [-0.1, -0.05) is 12.1 Å². The third kappa shape index (κ3) is 2.60. The second-order valence-electron chi connectivity index (χ2n) is 6.16. The zero-order valence-electron chi connectivity index (χ0n) is 12.4. The van der Waals surface area contributed by atoms with E-state index in [0.29, 0.717) is 37.2 Å². The maximum Gasteiger partial charge on any atom is 0.317 e. The van der Waals surface area contributed by atoms with E-state index in [1.54, 1.807) is 11.0 Å². The van der Waals surface area contributed by atoms with Gasteiger partial charge in [0.2, 0.25) is 0 Å². The molecule has 1 spiro atoms. The van der Waals surface area contributed by atoms with Crippen molar-refractivity contribution in [2.45, 2.75) is 38.3 Å². The summed E-state index contributed by atoms with van der Waals surface area (Å²) >= 11 is 0. The molecule has 5 nitrogen and oxygen atoms in total. The maximum atomic E-state index is 12.3. The highest BCUT2D eigenvalue weighted by Crippen LogP contribution is 2.38. The predicted octanol–water partition coefficient (Wildman–Crippen LogP) is 2.21. The summed E-state index contributed by atoms with van der Waals surface area (Å²) in [6, 6.07) is 7.34. The first-order valence-electron chi connectivity index (χ1n) is 7.36. The Morgan fingerprint density at radius 1 is 1.38 bits per heavy atom. The summed E-state index contributed by atoms with van der Waals surface area (Å²) in [4.78, 5) is 26.1. The zero-order chi connectivity index (χ0) is 15.0. The van der Waals surface area contributed by atoms with Crippen molar-refractivity contribution in [2.75, 3.05) is 13.1 Å². The molecule has 1 aromatic rings. The van der Waals surface area contributed by atoms with Crippen LogP contribution in [0.4, 0.5) is 4.79 Å². The van der Waals surface area contributed by atoms with Crippen molar-refractivity contribution >= 4 is 11.8 Å². The molecule has 0 radical (unpaired) electrons. The number of urea groups is 1. The largest absolute Gasteiger partial charge is 0.484 e. The molecule has 0 aliphatic carbocycles. The minimum atomic E-state index is -0.556. The Balaban J connectivity index is 1.77. The molecule has 5 heteroatoms. The SMILES string of the molecule is CC(C)NC(=O)N1CCC2(CC(=O)c3ccccc3O2)C1.